The lowest BCUT2D eigenvalue weighted by Gasteiger charge is -2.20. The van der Waals surface area contributed by atoms with E-state index in [0.29, 0.717) is 5.75 Å². The number of carbonyl (C=O) groups is 1. The molecule has 0 unspecified atom stereocenters. The first kappa shape index (κ1) is 19.9. The van der Waals surface area contributed by atoms with Gasteiger partial charge >= 0.3 is 0 Å². The lowest BCUT2D eigenvalue weighted by Crippen LogP contribution is -2.28. The smallest absolute Gasteiger partial charge is 0.230 e. The molecule has 0 spiro atoms. The van der Waals surface area contributed by atoms with Crippen LogP contribution >= 0.6 is 23.4 Å². The lowest BCUT2D eigenvalue weighted by molar-refractivity contribution is -0.119. The van der Waals surface area contributed by atoms with Crippen molar-refractivity contribution in [2.24, 2.45) is 0 Å². The molecule has 25 heavy (non-hydrogen) atoms. The highest BCUT2D eigenvalue weighted by atomic mass is 35.5. The normalized spacial score (nSPS) is 12.7. The maximum absolute atomic E-state index is 12.1. The molecule has 1 atom stereocenters. The standard InChI is InChI=1S/C21H26ClNOS/c1-15(17-7-9-18(10-8-17)21(2,3)4)23-20(24)14-25-13-16-5-11-19(22)12-6-16/h5-12,15H,13-14H2,1-4H3,(H,23,24)/t15-/m1/s1. The van der Waals surface area contributed by atoms with Crippen LogP contribution in [0.2, 0.25) is 5.02 Å². The molecule has 0 radical (unpaired) electrons. The van der Waals surface area contributed by atoms with Gasteiger partial charge in [-0.25, -0.2) is 0 Å². The van der Waals surface area contributed by atoms with Crippen LogP contribution in [-0.4, -0.2) is 11.7 Å². The van der Waals surface area contributed by atoms with E-state index in [-0.39, 0.29) is 17.4 Å². The highest BCUT2D eigenvalue weighted by Crippen LogP contribution is 2.24. The first-order valence-corrected chi connectivity index (χ1v) is 10.0. The van der Waals surface area contributed by atoms with Crippen LogP contribution in [0.15, 0.2) is 48.5 Å². The number of hydrogen-bond donors (Lipinski definition) is 1. The molecule has 0 bridgehead atoms. The zero-order valence-corrected chi connectivity index (χ0v) is 16.9. The number of thioether (sulfide) groups is 1. The Balaban J connectivity index is 1.80. The molecule has 0 aliphatic heterocycles. The van der Waals surface area contributed by atoms with E-state index in [1.807, 2.05) is 31.2 Å². The fourth-order valence-electron chi connectivity index (χ4n) is 2.48. The van der Waals surface area contributed by atoms with Gasteiger partial charge in [-0.1, -0.05) is 68.8 Å². The van der Waals surface area contributed by atoms with Crippen LogP contribution < -0.4 is 5.32 Å². The van der Waals surface area contributed by atoms with Gasteiger partial charge in [-0.15, -0.1) is 11.8 Å². The van der Waals surface area contributed by atoms with Gasteiger partial charge in [0, 0.05) is 10.8 Å². The van der Waals surface area contributed by atoms with Gasteiger partial charge in [0.2, 0.25) is 5.91 Å². The molecule has 2 aromatic carbocycles. The van der Waals surface area contributed by atoms with Crippen LogP contribution in [0.5, 0.6) is 0 Å². The van der Waals surface area contributed by atoms with E-state index in [4.69, 9.17) is 11.6 Å². The molecule has 2 rings (SSSR count). The maximum atomic E-state index is 12.1. The number of halogens is 1. The van der Waals surface area contributed by atoms with Crippen molar-refractivity contribution in [3.63, 3.8) is 0 Å². The van der Waals surface area contributed by atoms with Crippen molar-refractivity contribution in [2.75, 3.05) is 5.75 Å². The number of hydrogen-bond acceptors (Lipinski definition) is 2. The summed E-state index contributed by atoms with van der Waals surface area (Å²) in [6, 6.07) is 16.2. The Labute approximate surface area is 160 Å². The van der Waals surface area contributed by atoms with Gasteiger partial charge in [0.05, 0.1) is 11.8 Å². The van der Waals surface area contributed by atoms with Crippen LogP contribution in [0, 0.1) is 0 Å². The van der Waals surface area contributed by atoms with E-state index in [2.05, 4.69) is 50.4 Å². The Kier molecular flexibility index (Phi) is 6.97. The molecule has 0 saturated carbocycles. The number of carbonyl (C=O) groups excluding carboxylic acids is 1. The second-order valence-corrected chi connectivity index (χ2v) is 8.70. The number of benzene rings is 2. The highest BCUT2D eigenvalue weighted by molar-refractivity contribution is 7.99. The summed E-state index contributed by atoms with van der Waals surface area (Å²) < 4.78 is 0. The second kappa shape index (κ2) is 8.77. The third-order valence-corrected chi connectivity index (χ3v) is 5.33. The predicted octanol–water partition coefficient (Wildman–Crippen LogP) is 5.75. The van der Waals surface area contributed by atoms with Crippen molar-refractivity contribution in [3.8, 4) is 0 Å². The molecule has 1 N–H and O–H groups in total. The van der Waals surface area contributed by atoms with Crippen LogP contribution in [0.3, 0.4) is 0 Å². The van der Waals surface area contributed by atoms with Gasteiger partial charge in [0.25, 0.3) is 0 Å². The molecule has 2 aromatic rings. The van der Waals surface area contributed by atoms with Crippen LogP contribution in [0.4, 0.5) is 0 Å². The van der Waals surface area contributed by atoms with Crippen LogP contribution in [0.25, 0.3) is 0 Å². The summed E-state index contributed by atoms with van der Waals surface area (Å²) in [4.78, 5) is 12.1. The highest BCUT2D eigenvalue weighted by Gasteiger charge is 2.15. The molecule has 1 amide bonds. The van der Waals surface area contributed by atoms with Crippen molar-refractivity contribution in [1.82, 2.24) is 5.32 Å². The van der Waals surface area contributed by atoms with Crippen molar-refractivity contribution in [2.45, 2.75) is 44.9 Å². The minimum absolute atomic E-state index is 0.0117. The summed E-state index contributed by atoms with van der Waals surface area (Å²) in [6.45, 7) is 8.62. The van der Waals surface area contributed by atoms with Crippen molar-refractivity contribution in [1.29, 1.82) is 0 Å². The molecule has 0 saturated heterocycles. The molecule has 0 aliphatic rings. The van der Waals surface area contributed by atoms with E-state index in [1.54, 1.807) is 11.8 Å². The van der Waals surface area contributed by atoms with E-state index in [0.717, 1.165) is 16.3 Å². The van der Waals surface area contributed by atoms with E-state index < -0.39 is 0 Å². The van der Waals surface area contributed by atoms with E-state index in [9.17, 15) is 4.79 Å². The van der Waals surface area contributed by atoms with Gasteiger partial charge in [-0.05, 0) is 41.2 Å². The van der Waals surface area contributed by atoms with E-state index in [1.165, 1.54) is 11.1 Å². The average Bonchev–Trinajstić information content (AvgIpc) is 2.56. The van der Waals surface area contributed by atoms with Gasteiger partial charge in [0.15, 0.2) is 0 Å². The van der Waals surface area contributed by atoms with Crippen molar-refractivity contribution >= 4 is 29.3 Å². The topological polar surface area (TPSA) is 29.1 Å². The Hall–Kier alpha value is -1.45. The second-order valence-electron chi connectivity index (χ2n) is 7.28. The molecular weight excluding hydrogens is 350 g/mol. The third kappa shape index (κ3) is 6.41. The van der Waals surface area contributed by atoms with Gasteiger partial charge in [-0.3, -0.25) is 4.79 Å². The Morgan fingerprint density at radius 3 is 2.24 bits per heavy atom. The summed E-state index contributed by atoms with van der Waals surface area (Å²) in [5, 5.41) is 3.80. The summed E-state index contributed by atoms with van der Waals surface area (Å²) in [7, 11) is 0. The van der Waals surface area contributed by atoms with Crippen LogP contribution in [0.1, 0.15) is 50.4 Å². The van der Waals surface area contributed by atoms with Crippen molar-refractivity contribution in [3.05, 3.63) is 70.2 Å². The minimum atomic E-state index is 0.0117. The van der Waals surface area contributed by atoms with Gasteiger partial charge in [0.1, 0.15) is 0 Å². The summed E-state index contributed by atoms with van der Waals surface area (Å²) in [6.07, 6.45) is 0. The zero-order valence-electron chi connectivity index (χ0n) is 15.3. The molecule has 0 fully saturated rings. The SMILES string of the molecule is C[C@@H](NC(=O)CSCc1ccc(Cl)cc1)c1ccc(C(C)(C)C)cc1. The molecule has 2 nitrogen and oxygen atoms in total. The summed E-state index contributed by atoms with van der Waals surface area (Å²) in [5.74, 6) is 1.32. The Morgan fingerprint density at radius 2 is 1.68 bits per heavy atom. The molecular formula is C21H26ClNOS. The first-order chi connectivity index (χ1) is 11.8. The summed E-state index contributed by atoms with van der Waals surface area (Å²) >= 11 is 7.48. The number of nitrogens with one attached hydrogen (secondary N) is 1. The molecule has 0 heterocycles. The number of rotatable bonds is 6. The zero-order chi connectivity index (χ0) is 18.4. The first-order valence-electron chi connectivity index (χ1n) is 8.47. The molecule has 134 valence electrons. The van der Waals surface area contributed by atoms with E-state index >= 15 is 0 Å². The average molecular weight is 376 g/mol. The fourth-order valence-corrected chi connectivity index (χ4v) is 3.41. The molecule has 0 aromatic heterocycles. The number of amides is 1. The van der Waals surface area contributed by atoms with Gasteiger partial charge in [-0.2, -0.15) is 0 Å². The van der Waals surface area contributed by atoms with Crippen molar-refractivity contribution < 1.29 is 4.79 Å². The largest absolute Gasteiger partial charge is 0.349 e. The Morgan fingerprint density at radius 1 is 1.08 bits per heavy atom. The third-order valence-electron chi connectivity index (χ3n) is 4.07. The maximum Gasteiger partial charge on any atom is 0.230 e. The molecule has 4 heteroatoms. The quantitative estimate of drug-likeness (QED) is 0.696. The van der Waals surface area contributed by atoms with Gasteiger partial charge < -0.3 is 5.32 Å². The molecule has 0 aliphatic carbocycles. The fraction of sp³-hybridized carbons (Fsp3) is 0.381. The predicted molar refractivity (Wildman–Crippen MR) is 109 cm³/mol. The Bertz CT molecular complexity index is 689. The monoisotopic (exact) mass is 375 g/mol. The summed E-state index contributed by atoms with van der Waals surface area (Å²) in [5.41, 5.74) is 3.74. The minimum Gasteiger partial charge on any atom is -0.349 e. The lowest BCUT2D eigenvalue weighted by atomic mass is 9.86. The van der Waals surface area contributed by atoms with Crippen LogP contribution in [-0.2, 0) is 16.0 Å².